The molecule has 5 rings (SSSR count). The van der Waals surface area contributed by atoms with Crippen LogP contribution in [0.4, 0.5) is 5.69 Å². The van der Waals surface area contributed by atoms with Gasteiger partial charge < -0.3 is 19.5 Å². The molecule has 7 nitrogen and oxygen atoms in total. The average molecular weight is 527 g/mol. The van der Waals surface area contributed by atoms with Crippen molar-refractivity contribution in [1.82, 2.24) is 0 Å². The van der Waals surface area contributed by atoms with Gasteiger partial charge in [0.1, 0.15) is 5.60 Å². The number of anilines is 1. The quantitative estimate of drug-likeness (QED) is 0.413. The number of aliphatic imine (C=N–C) groups is 1. The van der Waals surface area contributed by atoms with E-state index in [4.69, 9.17) is 19.2 Å². The molecule has 0 atom stereocenters. The van der Waals surface area contributed by atoms with E-state index in [2.05, 4.69) is 51.2 Å². The second-order valence-electron chi connectivity index (χ2n) is 11.4. The lowest BCUT2D eigenvalue weighted by Crippen LogP contribution is -2.30. The van der Waals surface area contributed by atoms with Crippen molar-refractivity contribution in [2.75, 3.05) is 19.5 Å². The van der Waals surface area contributed by atoms with Gasteiger partial charge in [0, 0.05) is 30.0 Å². The number of nitrogens with one attached hydrogen (secondary N) is 1. The predicted molar refractivity (Wildman–Crippen MR) is 152 cm³/mol. The number of amides is 1. The summed E-state index contributed by atoms with van der Waals surface area (Å²) in [6, 6.07) is 15.6. The van der Waals surface area contributed by atoms with Gasteiger partial charge in [0.2, 0.25) is 5.91 Å². The van der Waals surface area contributed by atoms with E-state index in [0.717, 1.165) is 57.9 Å². The Morgan fingerprint density at radius 2 is 1.67 bits per heavy atom. The van der Waals surface area contributed by atoms with Crippen LogP contribution in [0.3, 0.4) is 0 Å². The topological polar surface area (TPSA) is 86.2 Å². The summed E-state index contributed by atoms with van der Waals surface area (Å²) in [4.78, 5) is 29.4. The molecular formula is C32H34N2O5. The Bertz CT molecular complexity index is 1530. The number of benzene rings is 3. The summed E-state index contributed by atoms with van der Waals surface area (Å²) in [5.41, 5.74) is 7.14. The van der Waals surface area contributed by atoms with Crippen molar-refractivity contribution >= 4 is 23.3 Å². The van der Waals surface area contributed by atoms with Gasteiger partial charge >= 0.3 is 5.97 Å². The van der Waals surface area contributed by atoms with Crippen molar-refractivity contribution in [3.8, 4) is 22.6 Å². The first-order valence-corrected chi connectivity index (χ1v) is 13.0. The fourth-order valence-corrected chi connectivity index (χ4v) is 5.58. The lowest BCUT2D eigenvalue weighted by molar-refractivity contribution is -0.114. The minimum Gasteiger partial charge on any atom is -0.493 e. The second kappa shape index (κ2) is 9.56. The van der Waals surface area contributed by atoms with Crippen molar-refractivity contribution in [3.05, 3.63) is 76.3 Å². The summed E-state index contributed by atoms with van der Waals surface area (Å²) >= 11 is 0. The standard InChI is InChI=1S/C32H34N2O5/c1-18(35)33-25-12-11-20(14-23(25)30(36)38-7)19-9-8-10-21(13-19)28-27-22(16-31(2,3)34-28)15-26(37-6)29-24(27)17-32(4,5)39-29/h8-15H,16-17H2,1-7H3,(H,33,35). The Hall–Kier alpha value is -4.13. The van der Waals surface area contributed by atoms with Crippen LogP contribution in [0.5, 0.6) is 11.5 Å². The molecule has 3 aromatic carbocycles. The predicted octanol–water partition coefficient (Wildman–Crippen LogP) is 5.99. The summed E-state index contributed by atoms with van der Waals surface area (Å²) in [5, 5.41) is 2.71. The summed E-state index contributed by atoms with van der Waals surface area (Å²) in [6.45, 7) is 9.87. The largest absolute Gasteiger partial charge is 0.493 e. The molecule has 2 aliphatic rings. The zero-order chi connectivity index (χ0) is 28.1. The molecule has 0 aliphatic carbocycles. The summed E-state index contributed by atoms with van der Waals surface area (Å²) < 4.78 is 17.1. The van der Waals surface area contributed by atoms with E-state index >= 15 is 0 Å². The molecule has 2 heterocycles. The van der Waals surface area contributed by atoms with Crippen LogP contribution >= 0.6 is 0 Å². The zero-order valence-electron chi connectivity index (χ0n) is 23.5. The van der Waals surface area contributed by atoms with Gasteiger partial charge in [-0.25, -0.2) is 4.79 Å². The number of carbonyl (C=O) groups excluding carboxylic acids is 2. The molecule has 3 aromatic rings. The smallest absolute Gasteiger partial charge is 0.339 e. The molecule has 0 bridgehead atoms. The Kier molecular flexibility index (Phi) is 6.49. The Morgan fingerprint density at radius 3 is 2.36 bits per heavy atom. The third kappa shape index (κ3) is 5.01. The maximum atomic E-state index is 12.5. The Balaban J connectivity index is 1.65. The number of ether oxygens (including phenoxy) is 3. The monoisotopic (exact) mass is 526 g/mol. The molecular weight excluding hydrogens is 492 g/mol. The third-order valence-electron chi connectivity index (χ3n) is 7.11. The highest BCUT2D eigenvalue weighted by Crippen LogP contribution is 2.48. The molecule has 7 heteroatoms. The highest BCUT2D eigenvalue weighted by molar-refractivity contribution is 6.16. The van der Waals surface area contributed by atoms with E-state index in [1.165, 1.54) is 19.6 Å². The van der Waals surface area contributed by atoms with Gasteiger partial charge in [0.05, 0.1) is 36.7 Å². The number of carbonyl (C=O) groups is 2. The highest BCUT2D eigenvalue weighted by atomic mass is 16.5. The van der Waals surface area contributed by atoms with Crippen molar-refractivity contribution in [1.29, 1.82) is 0 Å². The van der Waals surface area contributed by atoms with Gasteiger partial charge in [0.15, 0.2) is 11.5 Å². The van der Waals surface area contributed by atoms with Crippen molar-refractivity contribution in [2.45, 2.75) is 58.6 Å². The van der Waals surface area contributed by atoms with Gasteiger partial charge in [-0.05, 0) is 75.1 Å². The van der Waals surface area contributed by atoms with Gasteiger partial charge in [-0.1, -0.05) is 24.3 Å². The van der Waals surface area contributed by atoms with Crippen LogP contribution in [0.2, 0.25) is 0 Å². The van der Waals surface area contributed by atoms with Crippen molar-refractivity contribution in [3.63, 3.8) is 0 Å². The Labute approximate surface area is 229 Å². The van der Waals surface area contributed by atoms with Gasteiger partial charge in [-0.3, -0.25) is 9.79 Å². The third-order valence-corrected chi connectivity index (χ3v) is 7.11. The normalized spacial score (nSPS) is 16.3. The molecule has 0 aromatic heterocycles. The molecule has 1 amide bonds. The average Bonchev–Trinajstić information content (AvgIpc) is 3.21. The lowest BCUT2D eigenvalue weighted by atomic mass is 9.80. The molecule has 0 unspecified atom stereocenters. The van der Waals surface area contributed by atoms with E-state index in [0.29, 0.717) is 11.3 Å². The first kappa shape index (κ1) is 26.5. The first-order chi connectivity index (χ1) is 18.4. The second-order valence-corrected chi connectivity index (χ2v) is 11.4. The Morgan fingerprint density at radius 1 is 0.949 bits per heavy atom. The maximum Gasteiger partial charge on any atom is 0.339 e. The molecule has 39 heavy (non-hydrogen) atoms. The summed E-state index contributed by atoms with van der Waals surface area (Å²) in [6.07, 6.45) is 1.55. The van der Waals surface area contributed by atoms with E-state index < -0.39 is 5.97 Å². The minimum absolute atomic E-state index is 0.261. The molecule has 0 saturated carbocycles. The van der Waals surface area contributed by atoms with Crippen LogP contribution in [-0.4, -0.2) is 42.9 Å². The number of rotatable bonds is 5. The first-order valence-electron chi connectivity index (χ1n) is 13.0. The van der Waals surface area contributed by atoms with Crippen molar-refractivity contribution < 1.29 is 23.8 Å². The highest BCUT2D eigenvalue weighted by Gasteiger charge is 2.39. The number of nitrogens with zero attached hydrogens (tertiary/aromatic N) is 1. The number of esters is 1. The molecule has 0 saturated heterocycles. The van der Waals surface area contributed by atoms with E-state index in [-0.39, 0.29) is 17.0 Å². The molecule has 0 radical (unpaired) electrons. The minimum atomic E-state index is -0.517. The molecule has 1 N–H and O–H groups in total. The fourth-order valence-electron chi connectivity index (χ4n) is 5.58. The van der Waals surface area contributed by atoms with E-state index in [1.54, 1.807) is 19.2 Å². The van der Waals surface area contributed by atoms with Gasteiger partial charge in [-0.15, -0.1) is 0 Å². The van der Waals surface area contributed by atoms with Crippen LogP contribution in [-0.2, 0) is 22.4 Å². The SMILES string of the molecule is COC(=O)c1cc(-c2cccc(C3=NC(C)(C)Cc4cc(OC)c5c(c43)CC(C)(C)O5)c2)ccc1NC(C)=O. The number of fused-ring (bicyclic) bond motifs is 3. The fraction of sp³-hybridized carbons (Fsp3) is 0.344. The van der Waals surface area contributed by atoms with E-state index in [1.807, 2.05) is 18.2 Å². The zero-order valence-corrected chi connectivity index (χ0v) is 23.5. The van der Waals surface area contributed by atoms with Crippen LogP contribution in [0.1, 0.15) is 67.2 Å². The number of methoxy groups -OCH3 is 2. The lowest BCUT2D eigenvalue weighted by Gasteiger charge is -2.31. The molecule has 0 spiro atoms. The molecule has 2 aliphatic heterocycles. The van der Waals surface area contributed by atoms with E-state index in [9.17, 15) is 9.59 Å². The summed E-state index contributed by atoms with van der Waals surface area (Å²) in [5.74, 6) is 0.773. The number of hydrogen-bond acceptors (Lipinski definition) is 6. The van der Waals surface area contributed by atoms with Crippen LogP contribution in [0.25, 0.3) is 11.1 Å². The summed E-state index contributed by atoms with van der Waals surface area (Å²) in [7, 11) is 3.01. The number of hydrogen-bond donors (Lipinski definition) is 1. The van der Waals surface area contributed by atoms with Gasteiger partial charge in [0.25, 0.3) is 0 Å². The van der Waals surface area contributed by atoms with Crippen LogP contribution in [0.15, 0.2) is 53.5 Å². The molecule has 0 fully saturated rings. The van der Waals surface area contributed by atoms with Crippen LogP contribution in [0, 0.1) is 0 Å². The van der Waals surface area contributed by atoms with Crippen LogP contribution < -0.4 is 14.8 Å². The molecule has 202 valence electrons. The van der Waals surface area contributed by atoms with Gasteiger partial charge in [-0.2, -0.15) is 0 Å². The maximum absolute atomic E-state index is 12.5. The van der Waals surface area contributed by atoms with Crippen molar-refractivity contribution in [2.24, 2.45) is 4.99 Å².